The molecule has 0 spiro atoms. The Bertz CT molecular complexity index is 1020. The SMILES string of the molecule is CC(C)OCCCN1C(=O)C(=O)/C(=C(\O)c2ccc(Cl)c(Cl)c2)C1c1ccc(F)cc1. The number of aliphatic hydroxyl groups excluding tert-OH is 1. The highest BCUT2D eigenvalue weighted by atomic mass is 35.5. The van der Waals surface area contributed by atoms with Gasteiger partial charge in [0.1, 0.15) is 11.6 Å². The van der Waals surface area contributed by atoms with Crippen LogP contribution in [-0.4, -0.2) is 41.0 Å². The zero-order valence-corrected chi connectivity index (χ0v) is 18.6. The van der Waals surface area contributed by atoms with Gasteiger partial charge in [-0.2, -0.15) is 0 Å². The molecule has 1 N–H and O–H groups in total. The highest BCUT2D eigenvalue weighted by molar-refractivity contribution is 6.46. The average molecular weight is 466 g/mol. The number of nitrogens with zero attached hydrogens (tertiary/aromatic N) is 1. The van der Waals surface area contributed by atoms with Crippen LogP contribution < -0.4 is 0 Å². The lowest BCUT2D eigenvalue weighted by Crippen LogP contribution is -2.31. The summed E-state index contributed by atoms with van der Waals surface area (Å²) in [6, 6.07) is 9.03. The standard InChI is InChI=1S/C23H22Cl2FNO4/c1-13(2)31-11-3-10-27-20(14-4-7-16(26)8-5-14)19(22(29)23(27)30)21(28)15-6-9-17(24)18(25)12-15/h4-9,12-13,20,28H,3,10-11H2,1-2H3/b21-19-. The molecule has 1 unspecified atom stereocenters. The van der Waals surface area contributed by atoms with E-state index >= 15 is 0 Å². The summed E-state index contributed by atoms with van der Waals surface area (Å²) < 4.78 is 19.0. The van der Waals surface area contributed by atoms with E-state index in [4.69, 9.17) is 27.9 Å². The lowest BCUT2D eigenvalue weighted by atomic mass is 9.95. The van der Waals surface area contributed by atoms with Crippen molar-refractivity contribution >= 4 is 40.7 Å². The molecule has 2 aromatic carbocycles. The molecule has 1 saturated heterocycles. The van der Waals surface area contributed by atoms with Crippen LogP contribution in [0.25, 0.3) is 5.76 Å². The average Bonchev–Trinajstić information content (AvgIpc) is 2.98. The van der Waals surface area contributed by atoms with Gasteiger partial charge in [-0.25, -0.2) is 4.39 Å². The van der Waals surface area contributed by atoms with Gasteiger partial charge in [-0.15, -0.1) is 0 Å². The number of Topliss-reactive ketones (excluding diaryl/α,β-unsaturated/α-hetero) is 1. The Balaban J connectivity index is 2.04. The van der Waals surface area contributed by atoms with Gasteiger partial charge in [-0.05, 0) is 56.2 Å². The molecule has 1 fully saturated rings. The van der Waals surface area contributed by atoms with E-state index in [1.54, 1.807) is 0 Å². The minimum atomic E-state index is -0.867. The Morgan fingerprint density at radius 1 is 1.13 bits per heavy atom. The van der Waals surface area contributed by atoms with Crippen LogP contribution in [0.2, 0.25) is 10.0 Å². The van der Waals surface area contributed by atoms with Gasteiger partial charge in [0.2, 0.25) is 0 Å². The van der Waals surface area contributed by atoms with E-state index in [0.717, 1.165) is 0 Å². The lowest BCUT2D eigenvalue weighted by molar-refractivity contribution is -0.140. The number of likely N-dealkylation sites (tertiary alicyclic amines) is 1. The molecule has 0 bridgehead atoms. The molecule has 0 radical (unpaired) electrons. The topological polar surface area (TPSA) is 66.8 Å². The van der Waals surface area contributed by atoms with Crippen LogP contribution in [0, 0.1) is 5.82 Å². The summed E-state index contributed by atoms with van der Waals surface area (Å²) in [4.78, 5) is 27.1. The summed E-state index contributed by atoms with van der Waals surface area (Å²) in [7, 11) is 0. The second-order valence-electron chi connectivity index (χ2n) is 7.45. The molecule has 5 nitrogen and oxygen atoms in total. The molecule has 1 amide bonds. The van der Waals surface area contributed by atoms with Crippen molar-refractivity contribution < 1.29 is 23.8 Å². The zero-order chi connectivity index (χ0) is 22.7. The van der Waals surface area contributed by atoms with Crippen molar-refractivity contribution in [2.24, 2.45) is 0 Å². The van der Waals surface area contributed by atoms with Gasteiger partial charge >= 0.3 is 0 Å². The molecule has 0 aliphatic carbocycles. The molecular formula is C23H22Cl2FNO4. The Kier molecular flexibility index (Phi) is 7.36. The molecule has 0 saturated carbocycles. The van der Waals surface area contributed by atoms with E-state index in [1.807, 2.05) is 13.8 Å². The van der Waals surface area contributed by atoms with Crippen molar-refractivity contribution in [1.82, 2.24) is 4.90 Å². The van der Waals surface area contributed by atoms with Crippen molar-refractivity contribution in [3.8, 4) is 0 Å². The van der Waals surface area contributed by atoms with E-state index in [1.165, 1.54) is 47.4 Å². The number of hydrogen-bond donors (Lipinski definition) is 1. The fraction of sp³-hybridized carbons (Fsp3) is 0.304. The molecule has 8 heteroatoms. The van der Waals surface area contributed by atoms with Crippen LogP contribution in [0.3, 0.4) is 0 Å². The normalized spacial score (nSPS) is 18.3. The first-order valence-corrected chi connectivity index (χ1v) is 10.6. The first-order valence-electron chi connectivity index (χ1n) is 9.81. The van der Waals surface area contributed by atoms with Crippen LogP contribution >= 0.6 is 23.2 Å². The zero-order valence-electron chi connectivity index (χ0n) is 17.1. The van der Waals surface area contributed by atoms with Crippen molar-refractivity contribution in [3.05, 3.63) is 75.0 Å². The molecule has 1 aliphatic rings. The van der Waals surface area contributed by atoms with Crippen molar-refractivity contribution in [1.29, 1.82) is 0 Å². The van der Waals surface area contributed by atoms with Gasteiger partial charge in [0.05, 0.1) is 27.8 Å². The van der Waals surface area contributed by atoms with Gasteiger partial charge < -0.3 is 14.7 Å². The number of ether oxygens (including phenoxy) is 1. The number of benzene rings is 2. The summed E-state index contributed by atoms with van der Waals surface area (Å²) >= 11 is 12.0. The quantitative estimate of drug-likeness (QED) is 0.258. The molecule has 31 heavy (non-hydrogen) atoms. The number of halogens is 3. The second-order valence-corrected chi connectivity index (χ2v) is 8.26. The minimum Gasteiger partial charge on any atom is -0.507 e. The third-order valence-corrected chi connectivity index (χ3v) is 5.65. The van der Waals surface area contributed by atoms with Crippen molar-refractivity contribution in [2.45, 2.75) is 32.4 Å². The van der Waals surface area contributed by atoms with Crippen molar-refractivity contribution in [3.63, 3.8) is 0 Å². The summed E-state index contributed by atoms with van der Waals surface area (Å²) in [5.41, 5.74) is 0.675. The maximum absolute atomic E-state index is 13.5. The largest absolute Gasteiger partial charge is 0.507 e. The lowest BCUT2D eigenvalue weighted by Gasteiger charge is -2.25. The monoisotopic (exact) mass is 465 g/mol. The summed E-state index contributed by atoms with van der Waals surface area (Å²) in [6.45, 7) is 4.45. The third kappa shape index (κ3) is 5.09. The highest BCUT2D eigenvalue weighted by Crippen LogP contribution is 2.40. The van der Waals surface area contributed by atoms with Gasteiger partial charge in [-0.1, -0.05) is 35.3 Å². The fourth-order valence-electron chi connectivity index (χ4n) is 3.46. The van der Waals surface area contributed by atoms with E-state index in [2.05, 4.69) is 0 Å². The Morgan fingerprint density at radius 3 is 2.42 bits per heavy atom. The molecule has 1 heterocycles. The summed E-state index contributed by atoms with van der Waals surface area (Å²) in [5.74, 6) is -2.37. The predicted octanol–water partition coefficient (Wildman–Crippen LogP) is 5.37. The van der Waals surface area contributed by atoms with Gasteiger partial charge in [0.25, 0.3) is 11.7 Å². The molecule has 1 aliphatic heterocycles. The van der Waals surface area contributed by atoms with Gasteiger partial charge in [0.15, 0.2) is 0 Å². The highest BCUT2D eigenvalue weighted by Gasteiger charge is 2.45. The second kappa shape index (κ2) is 9.81. The molecule has 1 atom stereocenters. The van der Waals surface area contributed by atoms with E-state index in [0.29, 0.717) is 23.6 Å². The van der Waals surface area contributed by atoms with E-state index in [-0.39, 0.29) is 34.6 Å². The molecular weight excluding hydrogens is 444 g/mol. The third-order valence-electron chi connectivity index (χ3n) is 4.91. The maximum Gasteiger partial charge on any atom is 0.295 e. The fourth-order valence-corrected chi connectivity index (χ4v) is 3.75. The molecule has 3 rings (SSSR count). The number of amides is 1. The number of rotatable bonds is 7. The Labute approximate surface area is 190 Å². The van der Waals surface area contributed by atoms with Crippen molar-refractivity contribution in [2.75, 3.05) is 13.2 Å². The molecule has 164 valence electrons. The Morgan fingerprint density at radius 2 is 1.81 bits per heavy atom. The number of carbonyl (C=O) groups is 2. The number of ketones is 1. The van der Waals surface area contributed by atoms with Crippen LogP contribution in [-0.2, 0) is 14.3 Å². The Hall–Kier alpha value is -2.41. The minimum absolute atomic E-state index is 0.0398. The van der Waals surface area contributed by atoms with Crippen LogP contribution in [0.4, 0.5) is 4.39 Å². The first-order chi connectivity index (χ1) is 14.7. The number of aliphatic hydroxyl groups is 1. The smallest absolute Gasteiger partial charge is 0.295 e. The maximum atomic E-state index is 13.5. The van der Waals surface area contributed by atoms with Crippen LogP contribution in [0.15, 0.2) is 48.0 Å². The summed E-state index contributed by atoms with van der Waals surface area (Å²) in [6.07, 6.45) is 0.536. The van der Waals surface area contributed by atoms with Crippen LogP contribution in [0.5, 0.6) is 0 Å². The summed E-state index contributed by atoms with van der Waals surface area (Å²) in [5, 5.41) is 11.4. The molecule has 0 aromatic heterocycles. The predicted molar refractivity (Wildman–Crippen MR) is 118 cm³/mol. The number of carbonyl (C=O) groups excluding carboxylic acids is 2. The first kappa shape index (κ1) is 23.3. The van der Waals surface area contributed by atoms with Crippen LogP contribution in [0.1, 0.15) is 37.4 Å². The van der Waals surface area contributed by atoms with Gasteiger partial charge in [0, 0.05) is 18.7 Å². The van der Waals surface area contributed by atoms with E-state index < -0.39 is 23.5 Å². The van der Waals surface area contributed by atoms with Gasteiger partial charge in [-0.3, -0.25) is 9.59 Å². The molecule has 2 aromatic rings. The van der Waals surface area contributed by atoms with E-state index in [9.17, 15) is 19.1 Å². The number of hydrogen-bond acceptors (Lipinski definition) is 4.